The Morgan fingerprint density at radius 1 is 1.27 bits per heavy atom. The van der Waals surface area contributed by atoms with E-state index in [0.29, 0.717) is 25.0 Å². The highest BCUT2D eigenvalue weighted by atomic mass is 32.2. The van der Waals surface area contributed by atoms with Crippen molar-refractivity contribution in [3.63, 3.8) is 0 Å². The van der Waals surface area contributed by atoms with Gasteiger partial charge in [-0.2, -0.15) is 0 Å². The summed E-state index contributed by atoms with van der Waals surface area (Å²) >= 11 is -2.24. The van der Waals surface area contributed by atoms with Crippen molar-refractivity contribution in [2.45, 2.75) is 32.1 Å². The quantitative estimate of drug-likeness (QED) is 0.474. The third-order valence-electron chi connectivity index (χ3n) is 3.60. The monoisotopic (exact) mass is 327 g/mol. The highest BCUT2D eigenvalue weighted by Gasteiger charge is 2.23. The van der Waals surface area contributed by atoms with Crippen molar-refractivity contribution < 1.29 is 22.7 Å². The summed E-state index contributed by atoms with van der Waals surface area (Å²) in [7, 11) is 0. The Bertz CT molecular complexity index is 573. The minimum atomic E-state index is -2.24. The van der Waals surface area contributed by atoms with Gasteiger partial charge < -0.3 is 4.74 Å². The number of ether oxygens (including phenoxy) is 1. The zero-order valence-corrected chi connectivity index (χ0v) is 12.9. The summed E-state index contributed by atoms with van der Waals surface area (Å²) in [4.78, 5) is 10.3. The van der Waals surface area contributed by atoms with E-state index in [1.807, 2.05) is 0 Å². The van der Waals surface area contributed by atoms with Crippen LogP contribution in [0.4, 0.5) is 10.1 Å². The number of benzene rings is 1. The molecule has 120 valence electrons. The minimum Gasteiger partial charge on any atom is -0.468 e. The van der Waals surface area contributed by atoms with Gasteiger partial charge in [0.15, 0.2) is 0 Å². The van der Waals surface area contributed by atoms with Crippen molar-refractivity contribution in [1.82, 2.24) is 0 Å². The number of halogens is 1. The lowest BCUT2D eigenvalue weighted by Crippen LogP contribution is -2.27. The molecular formula is C15H18FNO4S. The molecule has 1 aliphatic carbocycles. The smallest absolute Gasteiger partial charge is 0.293 e. The average molecular weight is 327 g/mol. The number of hydrogen-bond acceptors (Lipinski definition) is 3. The summed E-state index contributed by atoms with van der Waals surface area (Å²) in [5.74, 6) is -0.398. The van der Waals surface area contributed by atoms with Gasteiger partial charge in [-0.25, -0.2) is 12.9 Å². The molecule has 0 heterocycles. The molecule has 1 aromatic rings. The Morgan fingerprint density at radius 2 is 1.95 bits per heavy atom. The SMILES string of the molecule is O=COCCC1=C(N(c2ccc(F)cc2)S(=O)O)CCCC1. The van der Waals surface area contributed by atoms with Gasteiger partial charge in [0, 0.05) is 12.1 Å². The Morgan fingerprint density at radius 3 is 2.59 bits per heavy atom. The molecule has 0 saturated heterocycles. The molecule has 0 spiro atoms. The molecular weight excluding hydrogens is 309 g/mol. The molecule has 2 rings (SSSR count). The van der Waals surface area contributed by atoms with E-state index in [9.17, 15) is 17.9 Å². The molecule has 0 saturated carbocycles. The standard InChI is InChI=1S/C15H18FNO4S/c16-13-5-7-14(8-6-13)17(22(19)20)15-4-2-1-3-12(15)9-10-21-11-18/h5-8,11H,1-4,9-10H2,(H,19,20). The van der Waals surface area contributed by atoms with Crippen molar-refractivity contribution in [1.29, 1.82) is 0 Å². The van der Waals surface area contributed by atoms with Gasteiger partial charge >= 0.3 is 0 Å². The first kappa shape index (κ1) is 16.6. The van der Waals surface area contributed by atoms with Gasteiger partial charge in [-0.1, -0.05) is 0 Å². The van der Waals surface area contributed by atoms with E-state index < -0.39 is 17.1 Å². The fourth-order valence-electron chi connectivity index (χ4n) is 2.61. The van der Waals surface area contributed by atoms with E-state index in [2.05, 4.69) is 0 Å². The highest BCUT2D eigenvalue weighted by molar-refractivity contribution is 7.81. The van der Waals surface area contributed by atoms with Crippen molar-refractivity contribution in [2.24, 2.45) is 0 Å². The van der Waals surface area contributed by atoms with Crippen molar-refractivity contribution >= 4 is 23.4 Å². The topological polar surface area (TPSA) is 66.8 Å². The first-order chi connectivity index (χ1) is 10.6. The summed E-state index contributed by atoms with van der Waals surface area (Å²) in [6.07, 6.45) is 3.91. The molecule has 1 atom stereocenters. The summed E-state index contributed by atoms with van der Waals surface area (Å²) in [6, 6.07) is 5.47. The minimum absolute atomic E-state index is 0.248. The second-order valence-electron chi connectivity index (χ2n) is 4.98. The van der Waals surface area contributed by atoms with Crippen LogP contribution in [0, 0.1) is 5.82 Å². The van der Waals surface area contributed by atoms with Crippen LogP contribution >= 0.6 is 0 Å². The predicted molar refractivity (Wildman–Crippen MR) is 81.8 cm³/mol. The van der Waals surface area contributed by atoms with Gasteiger partial charge in [-0.15, -0.1) is 0 Å². The van der Waals surface area contributed by atoms with Crippen molar-refractivity contribution in [3.8, 4) is 0 Å². The van der Waals surface area contributed by atoms with E-state index in [1.54, 1.807) is 0 Å². The number of allylic oxidation sites excluding steroid dienone is 1. The van der Waals surface area contributed by atoms with E-state index in [0.717, 1.165) is 30.5 Å². The molecule has 0 radical (unpaired) electrons. The average Bonchev–Trinajstić information content (AvgIpc) is 2.51. The molecule has 0 amide bonds. The lowest BCUT2D eigenvalue weighted by atomic mass is 9.94. The number of anilines is 1. The van der Waals surface area contributed by atoms with Crippen molar-refractivity contribution in [3.05, 3.63) is 41.4 Å². The van der Waals surface area contributed by atoms with E-state index in [-0.39, 0.29) is 6.61 Å². The maximum absolute atomic E-state index is 13.1. The first-order valence-electron chi connectivity index (χ1n) is 7.06. The predicted octanol–water partition coefficient (Wildman–Crippen LogP) is 3.16. The third-order valence-corrected chi connectivity index (χ3v) is 4.35. The van der Waals surface area contributed by atoms with E-state index >= 15 is 0 Å². The highest BCUT2D eigenvalue weighted by Crippen LogP contribution is 2.33. The Balaban J connectivity index is 2.32. The number of rotatable bonds is 7. The Kier molecular flexibility index (Phi) is 6.09. The zero-order valence-electron chi connectivity index (χ0n) is 12.0. The first-order valence-corrected chi connectivity index (χ1v) is 8.12. The second kappa shape index (κ2) is 8.05. The fraction of sp³-hybridized carbons (Fsp3) is 0.400. The molecule has 1 unspecified atom stereocenters. The normalized spacial score (nSPS) is 16.3. The van der Waals surface area contributed by atoms with E-state index in [1.165, 1.54) is 28.6 Å². The Labute approximate surface area is 131 Å². The van der Waals surface area contributed by atoms with Crippen LogP contribution in [0.15, 0.2) is 35.5 Å². The molecule has 22 heavy (non-hydrogen) atoms. The van der Waals surface area contributed by atoms with Crippen LogP contribution in [0.25, 0.3) is 0 Å². The van der Waals surface area contributed by atoms with Gasteiger partial charge in [-0.05, 0) is 55.5 Å². The summed E-state index contributed by atoms with van der Waals surface area (Å²) in [6.45, 7) is 0.642. The molecule has 1 aromatic carbocycles. The summed E-state index contributed by atoms with van der Waals surface area (Å²) < 4.78 is 40.5. The lowest BCUT2D eigenvalue weighted by Gasteiger charge is -2.29. The van der Waals surface area contributed by atoms with Crippen LogP contribution in [0.3, 0.4) is 0 Å². The summed E-state index contributed by atoms with van der Waals surface area (Å²) in [5.41, 5.74) is 2.22. The Hall–Kier alpha value is -1.73. The summed E-state index contributed by atoms with van der Waals surface area (Å²) in [5, 5.41) is 0. The second-order valence-corrected chi connectivity index (χ2v) is 5.80. The number of carbonyl (C=O) groups excluding carboxylic acids is 1. The largest absolute Gasteiger partial charge is 0.468 e. The molecule has 0 aromatic heterocycles. The van der Waals surface area contributed by atoms with Crippen LogP contribution in [0.5, 0.6) is 0 Å². The maximum Gasteiger partial charge on any atom is 0.293 e. The van der Waals surface area contributed by atoms with Gasteiger partial charge in [0.05, 0.1) is 12.3 Å². The van der Waals surface area contributed by atoms with Gasteiger partial charge in [0.1, 0.15) is 5.82 Å². The number of hydrogen-bond donors (Lipinski definition) is 1. The van der Waals surface area contributed by atoms with Crippen LogP contribution < -0.4 is 4.31 Å². The number of nitrogens with zero attached hydrogens (tertiary/aromatic N) is 1. The van der Waals surface area contributed by atoms with Crippen LogP contribution in [-0.4, -0.2) is 21.8 Å². The lowest BCUT2D eigenvalue weighted by molar-refractivity contribution is -0.128. The zero-order chi connectivity index (χ0) is 15.9. The molecule has 7 heteroatoms. The van der Waals surface area contributed by atoms with Crippen molar-refractivity contribution in [2.75, 3.05) is 10.9 Å². The third kappa shape index (κ3) is 4.14. The van der Waals surface area contributed by atoms with Crippen LogP contribution in [-0.2, 0) is 20.8 Å². The van der Waals surface area contributed by atoms with Crippen LogP contribution in [0.2, 0.25) is 0 Å². The number of carbonyl (C=O) groups is 1. The molecule has 1 N–H and O–H groups in total. The van der Waals surface area contributed by atoms with E-state index in [4.69, 9.17) is 4.74 Å². The van der Waals surface area contributed by atoms with Gasteiger partial charge in [0.25, 0.3) is 17.7 Å². The molecule has 0 aliphatic heterocycles. The van der Waals surface area contributed by atoms with Gasteiger partial charge in [-0.3, -0.25) is 9.35 Å². The maximum atomic E-state index is 13.1. The molecule has 0 bridgehead atoms. The fourth-order valence-corrected chi connectivity index (χ4v) is 3.32. The van der Waals surface area contributed by atoms with Crippen LogP contribution in [0.1, 0.15) is 32.1 Å². The molecule has 1 aliphatic rings. The molecule has 0 fully saturated rings. The molecule has 5 nitrogen and oxygen atoms in total. The van der Waals surface area contributed by atoms with Gasteiger partial charge in [0.2, 0.25) is 0 Å².